The second-order valence-electron chi connectivity index (χ2n) is 8.77. The van der Waals surface area contributed by atoms with Gasteiger partial charge in [0.1, 0.15) is 17.3 Å². The molecule has 1 aliphatic heterocycles. The van der Waals surface area contributed by atoms with Crippen LogP contribution in [-0.4, -0.2) is 26.0 Å². The van der Waals surface area contributed by atoms with Gasteiger partial charge in [0, 0.05) is 16.9 Å². The summed E-state index contributed by atoms with van der Waals surface area (Å²) in [6, 6.07) is 24.8. The fourth-order valence-electron chi connectivity index (χ4n) is 4.78. The largest absolute Gasteiger partial charge is 0.497 e. The molecule has 2 atom stereocenters. The molecule has 2 amide bonds. The molecule has 0 spiro atoms. The Labute approximate surface area is 224 Å². The van der Waals surface area contributed by atoms with E-state index in [1.807, 2.05) is 12.1 Å². The first kappa shape index (κ1) is 25.3. The van der Waals surface area contributed by atoms with E-state index in [0.717, 1.165) is 5.56 Å². The number of hydrogen-bond donors (Lipinski definition) is 1. The predicted octanol–water partition coefficient (Wildman–Crippen LogP) is 6.62. The number of anilines is 2. The van der Waals surface area contributed by atoms with Crippen molar-refractivity contribution in [3.63, 3.8) is 0 Å². The van der Waals surface area contributed by atoms with E-state index < -0.39 is 17.8 Å². The fourth-order valence-corrected chi connectivity index (χ4v) is 4.96. The van der Waals surface area contributed by atoms with E-state index in [2.05, 4.69) is 5.32 Å². The zero-order chi connectivity index (χ0) is 26.8. The molecule has 0 unspecified atom stereocenters. The van der Waals surface area contributed by atoms with E-state index in [-0.39, 0.29) is 16.8 Å². The molecule has 0 bridgehead atoms. The van der Waals surface area contributed by atoms with Crippen LogP contribution in [0.5, 0.6) is 11.5 Å². The minimum atomic E-state index is -0.803. The second kappa shape index (κ2) is 10.6. The number of benzene rings is 4. The Morgan fingerprint density at radius 2 is 1.53 bits per heavy atom. The molecule has 192 valence electrons. The monoisotopic (exact) mass is 530 g/mol. The molecular formula is C30H24ClFN2O4. The maximum absolute atomic E-state index is 14.0. The lowest BCUT2D eigenvalue weighted by Gasteiger charge is -2.42. The molecule has 1 heterocycles. The highest BCUT2D eigenvalue weighted by atomic mass is 35.5. The van der Waals surface area contributed by atoms with Crippen molar-refractivity contribution in [1.82, 2.24) is 0 Å². The highest BCUT2D eigenvalue weighted by molar-refractivity contribution is 6.31. The van der Waals surface area contributed by atoms with Crippen LogP contribution in [0, 0.1) is 5.82 Å². The smallest absolute Gasteiger partial charge is 0.259 e. The first-order valence-corrected chi connectivity index (χ1v) is 12.3. The molecule has 1 N–H and O–H groups in total. The van der Waals surface area contributed by atoms with Gasteiger partial charge in [-0.2, -0.15) is 0 Å². The fraction of sp³-hybridized carbons (Fsp3) is 0.133. The molecule has 0 aliphatic carbocycles. The van der Waals surface area contributed by atoms with Gasteiger partial charge in [-0.15, -0.1) is 0 Å². The minimum Gasteiger partial charge on any atom is -0.497 e. The number of carbonyl (C=O) groups excluding carboxylic acids is 2. The van der Waals surface area contributed by atoms with E-state index in [9.17, 15) is 14.0 Å². The van der Waals surface area contributed by atoms with Crippen molar-refractivity contribution in [2.24, 2.45) is 0 Å². The lowest BCUT2D eigenvalue weighted by Crippen LogP contribution is -2.46. The maximum atomic E-state index is 14.0. The molecule has 8 heteroatoms. The van der Waals surface area contributed by atoms with Gasteiger partial charge in [0.15, 0.2) is 0 Å². The first-order valence-electron chi connectivity index (χ1n) is 11.9. The lowest BCUT2D eigenvalue weighted by atomic mass is 9.78. The number of halogens is 2. The normalized spacial score (nSPS) is 16.5. The van der Waals surface area contributed by atoms with Crippen molar-refractivity contribution in [3.05, 3.63) is 119 Å². The van der Waals surface area contributed by atoms with Gasteiger partial charge in [-0.1, -0.05) is 41.9 Å². The topological polar surface area (TPSA) is 67.9 Å². The number of amides is 2. The molecular weight excluding hydrogens is 507 g/mol. The van der Waals surface area contributed by atoms with Crippen molar-refractivity contribution in [2.45, 2.75) is 12.0 Å². The summed E-state index contributed by atoms with van der Waals surface area (Å²) < 4.78 is 24.4. The van der Waals surface area contributed by atoms with Crippen LogP contribution in [0.2, 0.25) is 5.02 Å². The average molecular weight is 531 g/mol. The van der Waals surface area contributed by atoms with Crippen LogP contribution in [0.4, 0.5) is 15.8 Å². The summed E-state index contributed by atoms with van der Waals surface area (Å²) in [6.07, 6.45) is 0. The summed E-state index contributed by atoms with van der Waals surface area (Å²) >= 11 is 5.96. The van der Waals surface area contributed by atoms with Crippen LogP contribution >= 0.6 is 11.6 Å². The van der Waals surface area contributed by atoms with Gasteiger partial charge in [-0.3, -0.25) is 14.5 Å². The van der Waals surface area contributed by atoms with Crippen LogP contribution in [0.1, 0.15) is 33.4 Å². The number of carbonyl (C=O) groups is 2. The van der Waals surface area contributed by atoms with Gasteiger partial charge in [-0.05, 0) is 71.8 Å². The summed E-state index contributed by atoms with van der Waals surface area (Å²) in [5.41, 5.74) is 2.70. The van der Waals surface area contributed by atoms with Crippen LogP contribution < -0.4 is 19.7 Å². The van der Waals surface area contributed by atoms with E-state index in [0.29, 0.717) is 34.0 Å². The Balaban J connectivity index is 1.67. The zero-order valence-corrected chi connectivity index (χ0v) is 21.4. The van der Waals surface area contributed by atoms with Crippen LogP contribution in [0.15, 0.2) is 91.0 Å². The SMILES string of the molecule is COc1ccc([C@@H]2[C@H](C(=O)Nc3ccc(F)c(Cl)c3)c3ccccc3C(=O)N2c2ccc(OC)cc2)cc1. The van der Waals surface area contributed by atoms with Crippen LogP contribution in [0.25, 0.3) is 0 Å². The van der Waals surface area contributed by atoms with Crippen molar-refractivity contribution in [3.8, 4) is 11.5 Å². The quantitative estimate of drug-likeness (QED) is 0.304. The van der Waals surface area contributed by atoms with Gasteiger partial charge in [0.05, 0.1) is 31.2 Å². The average Bonchev–Trinajstić information content (AvgIpc) is 2.95. The number of methoxy groups -OCH3 is 2. The maximum Gasteiger partial charge on any atom is 0.259 e. The highest BCUT2D eigenvalue weighted by Crippen LogP contribution is 2.46. The van der Waals surface area contributed by atoms with E-state index >= 15 is 0 Å². The summed E-state index contributed by atoms with van der Waals surface area (Å²) in [7, 11) is 3.14. The van der Waals surface area contributed by atoms with E-state index in [4.69, 9.17) is 21.1 Å². The van der Waals surface area contributed by atoms with Crippen molar-refractivity contribution in [2.75, 3.05) is 24.4 Å². The summed E-state index contributed by atoms with van der Waals surface area (Å²) in [5.74, 6) is -0.702. The third kappa shape index (κ3) is 4.68. The van der Waals surface area contributed by atoms with E-state index in [1.165, 1.54) is 18.2 Å². The van der Waals surface area contributed by atoms with E-state index in [1.54, 1.807) is 79.8 Å². The molecule has 4 aromatic rings. The molecule has 0 radical (unpaired) electrons. The number of nitrogens with zero attached hydrogens (tertiary/aromatic N) is 1. The molecule has 38 heavy (non-hydrogen) atoms. The molecule has 0 aromatic heterocycles. The Morgan fingerprint density at radius 3 is 2.16 bits per heavy atom. The summed E-state index contributed by atoms with van der Waals surface area (Å²) in [4.78, 5) is 29.6. The molecule has 0 saturated carbocycles. The van der Waals surface area contributed by atoms with Crippen LogP contribution in [0.3, 0.4) is 0 Å². The van der Waals surface area contributed by atoms with Gasteiger partial charge in [0.2, 0.25) is 5.91 Å². The summed E-state index contributed by atoms with van der Waals surface area (Å²) in [6.45, 7) is 0. The van der Waals surface area contributed by atoms with Crippen LogP contribution in [-0.2, 0) is 4.79 Å². The van der Waals surface area contributed by atoms with Gasteiger partial charge in [-0.25, -0.2) is 4.39 Å². The zero-order valence-electron chi connectivity index (χ0n) is 20.7. The first-order chi connectivity index (χ1) is 18.4. The predicted molar refractivity (Wildman–Crippen MR) is 145 cm³/mol. The van der Waals surface area contributed by atoms with Gasteiger partial charge < -0.3 is 14.8 Å². The Bertz CT molecular complexity index is 1490. The number of nitrogens with one attached hydrogen (secondary N) is 1. The van der Waals surface area contributed by atoms with Crippen molar-refractivity contribution in [1.29, 1.82) is 0 Å². The molecule has 5 rings (SSSR count). The number of hydrogen-bond acceptors (Lipinski definition) is 4. The van der Waals surface area contributed by atoms with Crippen molar-refractivity contribution < 1.29 is 23.5 Å². The molecule has 1 aliphatic rings. The van der Waals surface area contributed by atoms with Gasteiger partial charge in [0.25, 0.3) is 5.91 Å². The number of ether oxygens (including phenoxy) is 2. The lowest BCUT2D eigenvalue weighted by molar-refractivity contribution is -0.118. The standard InChI is InChI=1S/C30H24ClFN2O4/c1-37-21-12-7-18(8-13-21)28-27(29(35)33-19-9-16-26(32)25(31)17-19)23-5-3-4-6-24(23)30(36)34(28)20-10-14-22(38-2)15-11-20/h3-17,27-28H,1-2H3,(H,33,35)/t27-,28-/m1/s1. The van der Waals surface area contributed by atoms with Crippen molar-refractivity contribution >= 4 is 34.8 Å². The molecule has 0 saturated heterocycles. The Kier molecular flexibility index (Phi) is 7.03. The molecule has 6 nitrogen and oxygen atoms in total. The molecule has 0 fully saturated rings. The third-order valence-corrected chi connectivity index (χ3v) is 6.91. The third-order valence-electron chi connectivity index (χ3n) is 6.62. The Hall–Kier alpha value is -4.36. The number of rotatable bonds is 6. The Morgan fingerprint density at radius 1 is 0.895 bits per heavy atom. The second-order valence-corrected chi connectivity index (χ2v) is 9.18. The summed E-state index contributed by atoms with van der Waals surface area (Å²) in [5, 5.41) is 2.77. The van der Waals surface area contributed by atoms with Gasteiger partial charge >= 0.3 is 0 Å². The number of fused-ring (bicyclic) bond motifs is 1. The highest BCUT2D eigenvalue weighted by Gasteiger charge is 2.45. The molecule has 4 aromatic carbocycles. The minimum absolute atomic E-state index is 0.103.